The Labute approximate surface area is 103 Å². The van der Waals surface area contributed by atoms with Crippen LogP contribution in [-0.2, 0) is 9.59 Å². The number of aromatic nitrogens is 1. The first-order valence-corrected chi connectivity index (χ1v) is 5.29. The lowest BCUT2D eigenvalue weighted by atomic mass is 10.1. The molecule has 0 saturated heterocycles. The number of rotatable bonds is 1. The first kappa shape index (κ1) is 13.9. The van der Waals surface area contributed by atoms with Gasteiger partial charge in [-0.1, -0.05) is 6.08 Å². The van der Waals surface area contributed by atoms with E-state index < -0.39 is 11.9 Å². The van der Waals surface area contributed by atoms with Crippen molar-refractivity contribution in [3.63, 3.8) is 0 Å². The minimum atomic E-state index is -1.82. The van der Waals surface area contributed by atoms with Crippen molar-refractivity contribution in [3.05, 3.63) is 23.9 Å². The summed E-state index contributed by atoms with van der Waals surface area (Å²) in [6.45, 7) is 3.84. The van der Waals surface area contributed by atoms with E-state index in [0.29, 0.717) is 0 Å². The zero-order valence-electron chi connectivity index (χ0n) is 9.84. The maximum atomic E-state index is 9.10. The molecule has 0 aromatic carbocycles. The number of aryl methyl sites for hydroxylation is 1. The molecule has 0 bridgehead atoms. The molecule has 0 fully saturated rings. The summed E-state index contributed by atoms with van der Waals surface area (Å²) in [5.74, 6) is -2.92. The number of carboxylic acids is 2. The molecule has 7 heteroatoms. The van der Waals surface area contributed by atoms with Gasteiger partial charge in [0.05, 0.1) is 0 Å². The molecule has 98 valence electrons. The predicted octanol–water partition coefficient (Wildman–Crippen LogP) is 0.515. The fourth-order valence-corrected chi connectivity index (χ4v) is 1.35. The lowest BCUT2D eigenvalue weighted by Crippen LogP contribution is -2.21. The molecule has 2 heterocycles. The van der Waals surface area contributed by atoms with Crippen molar-refractivity contribution < 1.29 is 24.2 Å². The molecule has 1 aromatic heterocycles. The molecule has 0 spiro atoms. The van der Waals surface area contributed by atoms with Gasteiger partial charge in [0.15, 0.2) is 5.89 Å². The second-order valence-electron chi connectivity index (χ2n) is 3.56. The highest BCUT2D eigenvalue weighted by Gasteiger charge is 2.08. The Morgan fingerprint density at radius 2 is 2.06 bits per heavy atom. The van der Waals surface area contributed by atoms with Crippen LogP contribution in [0, 0.1) is 6.92 Å². The van der Waals surface area contributed by atoms with Crippen molar-refractivity contribution in [3.8, 4) is 0 Å². The summed E-state index contributed by atoms with van der Waals surface area (Å²) in [5, 5.41) is 18.1. The Bertz CT molecular complexity index is 452. The Kier molecular flexibility index (Phi) is 5.06. The average molecular weight is 254 g/mol. The van der Waals surface area contributed by atoms with E-state index in [2.05, 4.69) is 16.4 Å². The van der Waals surface area contributed by atoms with Crippen molar-refractivity contribution in [2.45, 2.75) is 13.3 Å². The molecule has 1 aliphatic rings. The molecule has 1 aromatic rings. The summed E-state index contributed by atoms with van der Waals surface area (Å²) in [7, 11) is 0. The van der Waals surface area contributed by atoms with Crippen LogP contribution in [0.4, 0.5) is 0 Å². The van der Waals surface area contributed by atoms with E-state index in [1.165, 1.54) is 5.57 Å². The SMILES string of the molecule is Cc1nc(C2=CCCNC2)co1.O=C(O)C(=O)O. The Morgan fingerprint density at radius 1 is 1.39 bits per heavy atom. The molecule has 0 atom stereocenters. The van der Waals surface area contributed by atoms with Crippen LogP contribution in [0.1, 0.15) is 18.0 Å². The Balaban J connectivity index is 0.000000232. The monoisotopic (exact) mass is 254 g/mol. The predicted molar refractivity (Wildman–Crippen MR) is 62.0 cm³/mol. The number of oxazole rings is 1. The molecule has 0 amide bonds. The van der Waals surface area contributed by atoms with Crippen LogP contribution in [0.5, 0.6) is 0 Å². The summed E-state index contributed by atoms with van der Waals surface area (Å²) < 4.78 is 5.14. The number of hydrogen-bond donors (Lipinski definition) is 3. The molecule has 1 aliphatic heterocycles. The van der Waals surface area contributed by atoms with Gasteiger partial charge in [-0.15, -0.1) is 0 Å². The Hall–Kier alpha value is -2.15. The van der Waals surface area contributed by atoms with Gasteiger partial charge >= 0.3 is 11.9 Å². The van der Waals surface area contributed by atoms with Crippen LogP contribution in [0.25, 0.3) is 5.57 Å². The molecule has 7 nitrogen and oxygen atoms in total. The lowest BCUT2D eigenvalue weighted by molar-refractivity contribution is -0.159. The highest BCUT2D eigenvalue weighted by atomic mass is 16.4. The largest absolute Gasteiger partial charge is 0.473 e. The second kappa shape index (κ2) is 6.55. The number of carboxylic acid groups (broad SMARTS) is 2. The van der Waals surface area contributed by atoms with Crippen molar-refractivity contribution in [2.75, 3.05) is 13.1 Å². The van der Waals surface area contributed by atoms with Crippen LogP contribution in [0.2, 0.25) is 0 Å². The van der Waals surface area contributed by atoms with E-state index in [0.717, 1.165) is 31.1 Å². The summed E-state index contributed by atoms with van der Waals surface area (Å²) in [4.78, 5) is 22.5. The third-order valence-electron chi connectivity index (χ3n) is 2.16. The van der Waals surface area contributed by atoms with Gasteiger partial charge in [-0.3, -0.25) is 0 Å². The fourth-order valence-electron chi connectivity index (χ4n) is 1.35. The number of aliphatic carboxylic acids is 2. The maximum absolute atomic E-state index is 9.10. The van der Waals surface area contributed by atoms with Crippen LogP contribution in [0.3, 0.4) is 0 Å². The minimum Gasteiger partial charge on any atom is -0.473 e. The van der Waals surface area contributed by atoms with E-state index in [1.807, 2.05) is 6.92 Å². The summed E-state index contributed by atoms with van der Waals surface area (Å²) in [5.41, 5.74) is 2.22. The van der Waals surface area contributed by atoms with Crippen LogP contribution < -0.4 is 5.32 Å². The van der Waals surface area contributed by atoms with Crippen LogP contribution >= 0.6 is 0 Å². The van der Waals surface area contributed by atoms with E-state index >= 15 is 0 Å². The van der Waals surface area contributed by atoms with Gasteiger partial charge in [-0.25, -0.2) is 14.6 Å². The van der Waals surface area contributed by atoms with Gasteiger partial charge < -0.3 is 19.9 Å². The molecule has 0 radical (unpaired) electrons. The first-order valence-electron chi connectivity index (χ1n) is 5.29. The van der Waals surface area contributed by atoms with Gasteiger partial charge in [0.25, 0.3) is 0 Å². The maximum Gasteiger partial charge on any atom is 0.414 e. The Morgan fingerprint density at radius 3 is 2.44 bits per heavy atom. The summed E-state index contributed by atoms with van der Waals surface area (Å²) in [6, 6.07) is 0. The number of nitrogens with one attached hydrogen (secondary N) is 1. The van der Waals surface area contributed by atoms with Gasteiger partial charge in [-0.2, -0.15) is 0 Å². The molecular formula is C11H14N2O5. The summed E-state index contributed by atoms with van der Waals surface area (Å²) >= 11 is 0. The lowest BCUT2D eigenvalue weighted by Gasteiger charge is -2.11. The standard InChI is InChI=1S/C9H12N2O.C2H2O4/c1-7-11-9(6-12-7)8-3-2-4-10-5-8;3-1(4)2(5)6/h3,6,10H,2,4-5H2,1H3;(H,3,4)(H,5,6). The van der Waals surface area contributed by atoms with Crippen molar-refractivity contribution >= 4 is 17.5 Å². The fraction of sp³-hybridized carbons (Fsp3) is 0.364. The molecule has 0 unspecified atom stereocenters. The van der Waals surface area contributed by atoms with Gasteiger partial charge in [-0.05, 0) is 18.5 Å². The highest BCUT2D eigenvalue weighted by molar-refractivity contribution is 6.27. The van der Waals surface area contributed by atoms with E-state index in [-0.39, 0.29) is 0 Å². The molecule has 0 aliphatic carbocycles. The number of hydrogen-bond acceptors (Lipinski definition) is 5. The van der Waals surface area contributed by atoms with Crippen LogP contribution in [0.15, 0.2) is 16.8 Å². The molecule has 2 rings (SSSR count). The van der Waals surface area contributed by atoms with Crippen molar-refractivity contribution in [1.82, 2.24) is 10.3 Å². The normalized spacial score (nSPS) is 14.2. The first-order chi connectivity index (χ1) is 8.50. The molecule has 18 heavy (non-hydrogen) atoms. The summed E-state index contributed by atoms with van der Waals surface area (Å²) in [6.07, 6.45) is 5.02. The van der Waals surface area contributed by atoms with E-state index in [1.54, 1.807) is 6.26 Å². The molecule has 3 N–H and O–H groups in total. The molecular weight excluding hydrogens is 240 g/mol. The van der Waals surface area contributed by atoms with E-state index in [9.17, 15) is 0 Å². The topological polar surface area (TPSA) is 113 Å². The third-order valence-corrected chi connectivity index (χ3v) is 2.16. The minimum absolute atomic E-state index is 0.733. The van der Waals surface area contributed by atoms with Gasteiger partial charge in [0.1, 0.15) is 12.0 Å². The number of nitrogens with zero attached hydrogens (tertiary/aromatic N) is 1. The van der Waals surface area contributed by atoms with Crippen LogP contribution in [-0.4, -0.2) is 40.2 Å². The highest BCUT2D eigenvalue weighted by Crippen LogP contribution is 2.15. The van der Waals surface area contributed by atoms with E-state index in [4.69, 9.17) is 24.2 Å². The van der Waals surface area contributed by atoms with Gasteiger partial charge in [0, 0.05) is 13.5 Å². The zero-order valence-corrected chi connectivity index (χ0v) is 9.84. The zero-order chi connectivity index (χ0) is 13.5. The average Bonchev–Trinajstić information content (AvgIpc) is 2.78. The second-order valence-corrected chi connectivity index (χ2v) is 3.56. The number of carbonyl (C=O) groups is 2. The quantitative estimate of drug-likeness (QED) is 0.626. The third kappa shape index (κ3) is 4.38. The molecule has 0 saturated carbocycles. The van der Waals surface area contributed by atoms with Gasteiger partial charge in [0.2, 0.25) is 0 Å². The van der Waals surface area contributed by atoms with Crippen molar-refractivity contribution in [2.24, 2.45) is 0 Å². The smallest absolute Gasteiger partial charge is 0.414 e. The van der Waals surface area contributed by atoms with Crippen molar-refractivity contribution in [1.29, 1.82) is 0 Å².